The van der Waals surface area contributed by atoms with Gasteiger partial charge in [-0.2, -0.15) is 0 Å². The van der Waals surface area contributed by atoms with E-state index < -0.39 is 0 Å². The fourth-order valence-electron chi connectivity index (χ4n) is 2.18. The van der Waals surface area contributed by atoms with Crippen molar-refractivity contribution in [3.05, 3.63) is 60.2 Å². The van der Waals surface area contributed by atoms with Crippen molar-refractivity contribution < 1.29 is 9.59 Å². The molecule has 0 saturated carbocycles. The van der Waals surface area contributed by atoms with Gasteiger partial charge in [-0.3, -0.25) is 9.59 Å². The lowest BCUT2D eigenvalue weighted by atomic mass is 10.2. The number of carbonyl (C=O) groups excluding carboxylic acids is 2. The van der Waals surface area contributed by atoms with Gasteiger partial charge in [-0.15, -0.1) is 0 Å². The zero-order valence-electron chi connectivity index (χ0n) is 14.1. The molecule has 0 heterocycles. The summed E-state index contributed by atoms with van der Waals surface area (Å²) in [6.45, 7) is 2.62. The minimum atomic E-state index is -0.0200. The van der Waals surface area contributed by atoms with Gasteiger partial charge in [-0.05, 0) is 29.8 Å². The first-order chi connectivity index (χ1) is 11.6. The van der Waals surface area contributed by atoms with Crippen molar-refractivity contribution in [2.24, 2.45) is 0 Å². The van der Waals surface area contributed by atoms with Crippen molar-refractivity contribution in [3.63, 3.8) is 0 Å². The van der Waals surface area contributed by atoms with E-state index in [2.05, 4.69) is 10.6 Å². The molecule has 0 fully saturated rings. The number of nitrogens with one attached hydrogen (secondary N) is 2. The van der Waals surface area contributed by atoms with Gasteiger partial charge >= 0.3 is 0 Å². The molecule has 0 bridgehead atoms. The summed E-state index contributed by atoms with van der Waals surface area (Å²) >= 11 is 0. The van der Waals surface area contributed by atoms with Crippen LogP contribution in [-0.4, -0.2) is 30.3 Å². The Balaban J connectivity index is 1.81. The standard InChI is InChI=1S/C19H23N3O2/c1-3-18(23)21-17-11-9-16(10-12-17)20-13-19(24)22(2)14-15-7-5-4-6-8-15/h4-12,20H,3,13-14H2,1-2H3,(H,21,23). The van der Waals surface area contributed by atoms with Gasteiger partial charge in [0.1, 0.15) is 0 Å². The smallest absolute Gasteiger partial charge is 0.241 e. The average Bonchev–Trinajstić information content (AvgIpc) is 2.61. The predicted octanol–water partition coefficient (Wildman–Crippen LogP) is 3.11. The van der Waals surface area contributed by atoms with Crippen LogP contribution < -0.4 is 10.6 Å². The van der Waals surface area contributed by atoms with Crippen molar-refractivity contribution in [1.82, 2.24) is 4.90 Å². The fourth-order valence-corrected chi connectivity index (χ4v) is 2.18. The van der Waals surface area contributed by atoms with Crippen LogP contribution in [0.25, 0.3) is 0 Å². The molecule has 0 aromatic heterocycles. The fraction of sp³-hybridized carbons (Fsp3) is 0.263. The monoisotopic (exact) mass is 325 g/mol. The van der Waals surface area contributed by atoms with Gasteiger partial charge in [-0.1, -0.05) is 37.3 Å². The molecule has 0 aliphatic carbocycles. The maximum Gasteiger partial charge on any atom is 0.241 e. The third-order valence-electron chi connectivity index (χ3n) is 3.62. The third kappa shape index (κ3) is 5.43. The van der Waals surface area contributed by atoms with Gasteiger partial charge in [0, 0.05) is 31.4 Å². The lowest BCUT2D eigenvalue weighted by Gasteiger charge is -2.18. The van der Waals surface area contributed by atoms with Crippen LogP contribution in [0.3, 0.4) is 0 Å². The molecule has 0 atom stereocenters. The highest BCUT2D eigenvalue weighted by Crippen LogP contribution is 2.13. The van der Waals surface area contributed by atoms with Gasteiger partial charge in [0.2, 0.25) is 11.8 Å². The Bertz CT molecular complexity index is 669. The maximum atomic E-state index is 12.2. The van der Waals surface area contributed by atoms with Crippen LogP contribution in [0.4, 0.5) is 11.4 Å². The minimum absolute atomic E-state index is 0.0159. The number of likely N-dealkylation sites (N-methyl/N-ethyl adjacent to an activating group) is 1. The summed E-state index contributed by atoms with van der Waals surface area (Å²) in [4.78, 5) is 25.2. The number of rotatable bonds is 7. The van der Waals surface area contributed by atoms with E-state index in [1.165, 1.54) is 0 Å². The third-order valence-corrected chi connectivity index (χ3v) is 3.62. The Morgan fingerprint density at radius 3 is 2.21 bits per heavy atom. The van der Waals surface area contributed by atoms with Crippen LogP contribution in [0.1, 0.15) is 18.9 Å². The molecule has 2 N–H and O–H groups in total. The molecule has 24 heavy (non-hydrogen) atoms. The van der Waals surface area contributed by atoms with Crippen LogP contribution in [-0.2, 0) is 16.1 Å². The van der Waals surface area contributed by atoms with E-state index in [1.807, 2.05) is 61.5 Å². The zero-order valence-corrected chi connectivity index (χ0v) is 14.1. The molecule has 5 nitrogen and oxygen atoms in total. The van der Waals surface area contributed by atoms with Crippen molar-refractivity contribution in [3.8, 4) is 0 Å². The molecular formula is C19H23N3O2. The molecular weight excluding hydrogens is 302 g/mol. The van der Waals surface area contributed by atoms with E-state index in [1.54, 1.807) is 11.9 Å². The summed E-state index contributed by atoms with van der Waals surface area (Å²) in [5.74, 6) is -0.00404. The number of amides is 2. The molecule has 0 saturated heterocycles. The highest BCUT2D eigenvalue weighted by atomic mass is 16.2. The quantitative estimate of drug-likeness (QED) is 0.822. The topological polar surface area (TPSA) is 61.4 Å². The zero-order chi connectivity index (χ0) is 17.4. The van der Waals surface area contributed by atoms with Gasteiger partial charge in [0.05, 0.1) is 6.54 Å². The van der Waals surface area contributed by atoms with Crippen LogP contribution in [0.15, 0.2) is 54.6 Å². The largest absolute Gasteiger partial charge is 0.376 e. The highest BCUT2D eigenvalue weighted by molar-refractivity contribution is 5.90. The molecule has 0 aliphatic heterocycles. The van der Waals surface area contributed by atoms with Crippen LogP contribution in [0.5, 0.6) is 0 Å². The van der Waals surface area contributed by atoms with E-state index >= 15 is 0 Å². The molecule has 0 spiro atoms. The molecule has 2 amide bonds. The molecule has 0 unspecified atom stereocenters. The summed E-state index contributed by atoms with van der Waals surface area (Å²) in [7, 11) is 1.79. The summed E-state index contributed by atoms with van der Waals surface area (Å²) in [5, 5.41) is 5.89. The summed E-state index contributed by atoms with van der Waals surface area (Å²) < 4.78 is 0. The van der Waals surface area contributed by atoms with E-state index in [4.69, 9.17) is 0 Å². The average molecular weight is 325 g/mol. The van der Waals surface area contributed by atoms with Crippen LogP contribution in [0.2, 0.25) is 0 Å². The van der Waals surface area contributed by atoms with Crippen LogP contribution in [0, 0.1) is 0 Å². The van der Waals surface area contributed by atoms with E-state index in [0.717, 1.165) is 16.9 Å². The number of hydrogen-bond acceptors (Lipinski definition) is 3. The number of hydrogen-bond donors (Lipinski definition) is 2. The summed E-state index contributed by atoms with van der Waals surface area (Å²) in [5.41, 5.74) is 2.69. The molecule has 0 aliphatic rings. The Morgan fingerprint density at radius 2 is 1.58 bits per heavy atom. The second-order valence-electron chi connectivity index (χ2n) is 5.57. The van der Waals surface area contributed by atoms with Gasteiger partial charge in [-0.25, -0.2) is 0 Å². The van der Waals surface area contributed by atoms with Crippen molar-refractivity contribution in [1.29, 1.82) is 0 Å². The van der Waals surface area contributed by atoms with Crippen molar-refractivity contribution in [2.45, 2.75) is 19.9 Å². The minimum Gasteiger partial charge on any atom is -0.376 e. The first-order valence-electron chi connectivity index (χ1n) is 8.00. The van der Waals surface area contributed by atoms with Gasteiger partial charge in [0.15, 0.2) is 0 Å². The summed E-state index contributed by atoms with van der Waals surface area (Å²) in [6.07, 6.45) is 0.447. The molecule has 126 valence electrons. The van der Waals surface area contributed by atoms with Gasteiger partial charge in [0.25, 0.3) is 0 Å². The summed E-state index contributed by atoms with van der Waals surface area (Å²) in [6, 6.07) is 17.2. The first-order valence-corrected chi connectivity index (χ1v) is 8.00. The number of nitrogens with zero attached hydrogens (tertiary/aromatic N) is 1. The second-order valence-corrected chi connectivity index (χ2v) is 5.57. The Labute approximate surface area is 142 Å². The molecule has 2 aromatic carbocycles. The Hall–Kier alpha value is -2.82. The highest BCUT2D eigenvalue weighted by Gasteiger charge is 2.09. The lowest BCUT2D eigenvalue weighted by molar-refractivity contribution is -0.128. The predicted molar refractivity (Wildman–Crippen MR) is 96.8 cm³/mol. The Morgan fingerprint density at radius 1 is 0.958 bits per heavy atom. The number of anilines is 2. The van der Waals surface area contributed by atoms with Crippen molar-refractivity contribution in [2.75, 3.05) is 24.2 Å². The first kappa shape index (κ1) is 17.5. The molecule has 5 heteroatoms. The maximum absolute atomic E-state index is 12.2. The second kappa shape index (κ2) is 8.72. The van der Waals surface area contributed by atoms with E-state index in [9.17, 15) is 9.59 Å². The Kier molecular flexibility index (Phi) is 6.37. The number of carbonyl (C=O) groups is 2. The molecule has 0 radical (unpaired) electrons. The van der Waals surface area contributed by atoms with Crippen molar-refractivity contribution >= 4 is 23.2 Å². The van der Waals surface area contributed by atoms with E-state index in [-0.39, 0.29) is 18.4 Å². The molecule has 2 aromatic rings. The normalized spacial score (nSPS) is 10.1. The lowest BCUT2D eigenvalue weighted by Crippen LogP contribution is -2.31. The number of benzene rings is 2. The SMILES string of the molecule is CCC(=O)Nc1ccc(NCC(=O)N(C)Cc2ccccc2)cc1. The van der Waals surface area contributed by atoms with Gasteiger partial charge < -0.3 is 15.5 Å². The molecule has 2 rings (SSSR count). The van der Waals surface area contributed by atoms with Crippen LogP contribution >= 0.6 is 0 Å². The van der Waals surface area contributed by atoms with E-state index in [0.29, 0.717) is 13.0 Å².